The minimum absolute atomic E-state index is 0.0326. The van der Waals surface area contributed by atoms with Crippen LogP contribution in [0, 0.1) is 0 Å². The van der Waals surface area contributed by atoms with Gasteiger partial charge in [0.2, 0.25) is 5.91 Å². The number of amides is 1. The van der Waals surface area contributed by atoms with Gasteiger partial charge in [0, 0.05) is 12.8 Å². The van der Waals surface area contributed by atoms with Crippen molar-refractivity contribution in [2.45, 2.75) is 328 Å². The Morgan fingerprint density at radius 3 is 1.18 bits per heavy atom. The number of likely N-dealkylation sites (N-methyl/N-ethyl adjacent to an activating group) is 1. The van der Waals surface area contributed by atoms with Crippen molar-refractivity contribution < 1.29 is 37.3 Å². The normalized spacial score (nSPS) is 14.1. The summed E-state index contributed by atoms with van der Waals surface area (Å²) in [5.41, 5.74) is 0. The van der Waals surface area contributed by atoms with E-state index in [9.17, 15) is 19.0 Å². The van der Waals surface area contributed by atoms with Crippen LogP contribution in [0.1, 0.15) is 316 Å². The molecule has 3 atom stereocenters. The number of nitrogens with one attached hydrogen (secondary N) is 1. The molecule has 83 heavy (non-hydrogen) atoms. The lowest BCUT2D eigenvalue weighted by Gasteiger charge is -2.27. The van der Waals surface area contributed by atoms with Gasteiger partial charge in [0.25, 0.3) is 0 Å². The Bertz CT molecular complexity index is 1700. The first kappa shape index (κ1) is 80.2. The van der Waals surface area contributed by atoms with Gasteiger partial charge in [-0.15, -0.1) is 0 Å². The summed E-state index contributed by atoms with van der Waals surface area (Å²) in [6.45, 7) is 6.90. The summed E-state index contributed by atoms with van der Waals surface area (Å²) < 4.78 is 30.8. The van der Waals surface area contributed by atoms with Crippen molar-refractivity contribution in [2.75, 3.05) is 40.9 Å². The smallest absolute Gasteiger partial charge is 0.456 e. The van der Waals surface area contributed by atoms with Gasteiger partial charge in [-0.05, 0) is 102 Å². The van der Waals surface area contributed by atoms with E-state index in [-0.39, 0.29) is 31.5 Å². The fraction of sp³-hybridized carbons (Fsp3) is 0.781. The third-order valence-electron chi connectivity index (χ3n) is 15.3. The molecule has 0 fully saturated rings. The van der Waals surface area contributed by atoms with E-state index in [1.807, 2.05) is 33.3 Å². The molecule has 482 valence electrons. The molecule has 0 aliphatic rings. The van der Waals surface area contributed by atoms with E-state index in [0.29, 0.717) is 23.9 Å². The monoisotopic (exact) mass is 1180 g/mol. The van der Waals surface area contributed by atoms with Gasteiger partial charge >= 0.3 is 13.8 Å². The van der Waals surface area contributed by atoms with E-state index in [2.05, 4.69) is 99.0 Å². The summed E-state index contributed by atoms with van der Waals surface area (Å²) in [5, 5.41) is 3.06. The molecule has 0 radical (unpaired) electrons. The first-order valence-corrected chi connectivity index (χ1v) is 36.4. The molecule has 0 bridgehead atoms. The van der Waals surface area contributed by atoms with Crippen LogP contribution in [0.3, 0.4) is 0 Å². The quantitative estimate of drug-likeness (QED) is 0.0205. The minimum atomic E-state index is -4.46. The summed E-state index contributed by atoms with van der Waals surface area (Å²) >= 11 is 0. The zero-order valence-corrected chi connectivity index (χ0v) is 56.1. The summed E-state index contributed by atoms with van der Waals surface area (Å²) in [4.78, 5) is 37.9. The van der Waals surface area contributed by atoms with Crippen molar-refractivity contribution in [2.24, 2.45) is 0 Å². The number of hydrogen-bond donors (Lipinski definition) is 2. The number of unbranched alkanes of at least 4 members (excludes halogenated alkanes) is 35. The molecular formula is C73H134N2O7P+. The molecule has 0 rings (SSSR count). The molecule has 0 spiro atoms. The topological polar surface area (TPSA) is 111 Å². The lowest BCUT2D eigenvalue weighted by molar-refractivity contribution is -0.870. The molecule has 9 nitrogen and oxygen atoms in total. The van der Waals surface area contributed by atoms with Crippen LogP contribution >= 0.6 is 7.82 Å². The third-order valence-corrected chi connectivity index (χ3v) is 16.3. The van der Waals surface area contributed by atoms with Gasteiger partial charge in [0.1, 0.15) is 19.3 Å². The number of allylic oxidation sites excluding steroid dienone is 13. The van der Waals surface area contributed by atoms with Crippen LogP contribution in [0.25, 0.3) is 0 Å². The number of quaternary nitrogens is 1. The van der Waals surface area contributed by atoms with Crippen LogP contribution in [0.15, 0.2) is 85.1 Å². The highest BCUT2D eigenvalue weighted by Crippen LogP contribution is 2.43. The Morgan fingerprint density at radius 1 is 0.434 bits per heavy atom. The first-order valence-electron chi connectivity index (χ1n) is 34.9. The van der Waals surface area contributed by atoms with Gasteiger partial charge in [-0.2, -0.15) is 0 Å². The Morgan fingerprint density at radius 2 is 0.771 bits per heavy atom. The van der Waals surface area contributed by atoms with Gasteiger partial charge in [-0.3, -0.25) is 18.6 Å². The van der Waals surface area contributed by atoms with Crippen LogP contribution in [-0.4, -0.2) is 74.3 Å². The molecule has 2 N–H and O–H groups in total. The lowest BCUT2D eigenvalue weighted by Crippen LogP contribution is -2.47. The van der Waals surface area contributed by atoms with Gasteiger partial charge in [-0.1, -0.05) is 286 Å². The minimum Gasteiger partial charge on any atom is -0.456 e. The Balaban J connectivity index is 5.15. The van der Waals surface area contributed by atoms with Crippen LogP contribution in [0.2, 0.25) is 0 Å². The van der Waals surface area contributed by atoms with E-state index >= 15 is 0 Å². The summed E-state index contributed by atoms with van der Waals surface area (Å²) in [7, 11) is 1.48. The van der Waals surface area contributed by atoms with Crippen molar-refractivity contribution in [3.63, 3.8) is 0 Å². The maximum Gasteiger partial charge on any atom is 0.472 e. The molecule has 10 heteroatoms. The van der Waals surface area contributed by atoms with E-state index in [1.165, 1.54) is 186 Å². The maximum absolute atomic E-state index is 13.6. The number of phosphoric acid groups is 1. The Hall–Kier alpha value is -2.81. The van der Waals surface area contributed by atoms with Gasteiger partial charge in [0.05, 0.1) is 33.8 Å². The number of carbonyl (C=O) groups excluding carboxylic acids is 2. The fourth-order valence-electron chi connectivity index (χ4n) is 9.96. The molecule has 0 aliphatic carbocycles. The summed E-state index contributed by atoms with van der Waals surface area (Å²) in [6.07, 6.45) is 83.1. The standard InChI is InChI=1S/C73H133N2O7P/c1-7-10-13-16-19-22-25-28-30-32-34-35-36-37-38-39-41-42-44-47-50-53-56-59-62-65-72(76)74-70(69-81-83(78,79)80-68-67-75(4,5)6)71(64-61-58-55-52-49-46-27-24-21-18-15-12-9-3)82-73(77)66-63-60-57-54-51-48-45-43-40-33-31-29-26-23-20-17-14-11-8-2/h11,14,20,23,28-31,40,43,48,51,61,64,70-71H,7-10,12-13,15-19,21-22,24-27,32-39,41-42,44-47,49-50,52-60,62-63,65-69H2,1-6H3,(H-,74,76,78,79)/p+1/b14-11-,23-20-,30-28+,31-29-,43-40-,51-48-,64-61-. The van der Waals surface area contributed by atoms with Crippen LogP contribution in [-0.2, 0) is 27.9 Å². The number of nitrogens with zero attached hydrogens (tertiary/aromatic N) is 1. The predicted octanol–water partition coefficient (Wildman–Crippen LogP) is 22.1. The Labute approximate surface area is 514 Å². The number of rotatable bonds is 63. The second-order valence-corrected chi connectivity index (χ2v) is 26.1. The molecule has 3 unspecified atom stereocenters. The zero-order chi connectivity index (χ0) is 60.7. The third kappa shape index (κ3) is 63.5. The second-order valence-electron chi connectivity index (χ2n) is 24.7. The highest BCUT2D eigenvalue weighted by atomic mass is 31.2. The number of esters is 1. The molecule has 0 aliphatic heterocycles. The SMILES string of the molecule is CC/C=C\C/C=C\C/C=C\C/C=C\C/C=C\CCCCCC(=O)OC(/C=C\CCCCCCCCCCCCC)C(COP(=O)(O)OCC[N+](C)(C)C)NC(=O)CCCCCCCCCCCCCCCCC/C=C/CCCCCCCC. The molecular weight excluding hydrogens is 1050 g/mol. The first-order chi connectivity index (χ1) is 40.4. The summed E-state index contributed by atoms with van der Waals surface area (Å²) in [6, 6.07) is -0.866. The van der Waals surface area contributed by atoms with Crippen LogP contribution < -0.4 is 5.32 Å². The van der Waals surface area contributed by atoms with Crippen LogP contribution in [0.4, 0.5) is 0 Å². The maximum atomic E-state index is 13.6. The van der Waals surface area contributed by atoms with Crippen molar-refractivity contribution in [3.05, 3.63) is 85.1 Å². The summed E-state index contributed by atoms with van der Waals surface area (Å²) in [5.74, 6) is -0.535. The predicted molar refractivity (Wildman–Crippen MR) is 360 cm³/mol. The van der Waals surface area contributed by atoms with Crippen molar-refractivity contribution >= 4 is 19.7 Å². The number of phosphoric ester groups is 1. The average Bonchev–Trinajstić information content (AvgIpc) is 3.46. The van der Waals surface area contributed by atoms with Gasteiger partial charge < -0.3 is 19.4 Å². The van der Waals surface area contributed by atoms with E-state index in [4.69, 9.17) is 13.8 Å². The highest BCUT2D eigenvalue weighted by Gasteiger charge is 2.30. The second kappa shape index (κ2) is 62.2. The van der Waals surface area contributed by atoms with Crippen molar-refractivity contribution in [1.29, 1.82) is 0 Å². The van der Waals surface area contributed by atoms with Crippen molar-refractivity contribution in [3.8, 4) is 0 Å². The molecule has 0 heterocycles. The lowest BCUT2D eigenvalue weighted by atomic mass is 10.0. The van der Waals surface area contributed by atoms with Crippen molar-refractivity contribution in [1.82, 2.24) is 5.32 Å². The molecule has 0 aromatic heterocycles. The molecule has 0 aromatic carbocycles. The van der Waals surface area contributed by atoms with Gasteiger partial charge in [0.15, 0.2) is 0 Å². The Kier molecular flexibility index (Phi) is 60.1. The molecule has 1 amide bonds. The van der Waals surface area contributed by atoms with Gasteiger partial charge in [-0.25, -0.2) is 4.57 Å². The fourth-order valence-corrected chi connectivity index (χ4v) is 10.7. The van der Waals surface area contributed by atoms with Crippen LogP contribution in [0.5, 0.6) is 0 Å². The molecule has 0 saturated carbocycles. The largest absolute Gasteiger partial charge is 0.472 e. The number of ether oxygens (including phenoxy) is 1. The highest BCUT2D eigenvalue weighted by molar-refractivity contribution is 7.47. The molecule has 0 saturated heterocycles. The molecule has 0 aromatic rings. The zero-order valence-electron chi connectivity index (χ0n) is 55.2. The van der Waals surface area contributed by atoms with E-state index < -0.39 is 20.0 Å². The number of carbonyl (C=O) groups is 2. The average molecular weight is 1180 g/mol. The number of hydrogen-bond acceptors (Lipinski definition) is 6. The van der Waals surface area contributed by atoms with E-state index in [0.717, 1.165) is 89.9 Å². The van der Waals surface area contributed by atoms with E-state index in [1.54, 1.807) is 0 Å².